The van der Waals surface area contributed by atoms with Gasteiger partial charge in [-0.05, 0) is 50.6 Å². The summed E-state index contributed by atoms with van der Waals surface area (Å²) in [6, 6.07) is 0. The van der Waals surface area contributed by atoms with Crippen LogP contribution in [0.15, 0.2) is 0 Å². The molecule has 1 N–H and O–H groups in total. The predicted molar refractivity (Wildman–Crippen MR) is 91.8 cm³/mol. The molecule has 0 aromatic heterocycles. The predicted octanol–water partition coefficient (Wildman–Crippen LogP) is 3.40. The third-order valence-corrected chi connectivity index (χ3v) is 4.66. The lowest BCUT2D eigenvalue weighted by Crippen LogP contribution is -2.46. The molecular weight excluding hydrogens is 260 g/mol. The van der Waals surface area contributed by atoms with Crippen molar-refractivity contribution >= 4 is 0 Å². The molecule has 21 heavy (non-hydrogen) atoms. The number of nitrogens with zero attached hydrogens (tertiary/aromatic N) is 1. The molecule has 126 valence electrons. The Morgan fingerprint density at radius 2 is 2.14 bits per heavy atom. The molecule has 0 heterocycles. The molecule has 0 saturated heterocycles. The lowest BCUT2D eigenvalue weighted by molar-refractivity contribution is 0.0676. The van der Waals surface area contributed by atoms with E-state index in [1.54, 1.807) is 0 Å². The molecule has 0 aromatic rings. The first-order valence-electron chi connectivity index (χ1n) is 8.94. The second-order valence-corrected chi connectivity index (χ2v) is 7.66. The van der Waals surface area contributed by atoms with Gasteiger partial charge in [0.05, 0.1) is 6.61 Å². The van der Waals surface area contributed by atoms with E-state index in [0.717, 1.165) is 38.1 Å². The number of hydrogen-bond donors (Lipinski definition) is 1. The monoisotopic (exact) mass is 298 g/mol. The van der Waals surface area contributed by atoms with E-state index in [0.29, 0.717) is 5.41 Å². The zero-order valence-corrected chi connectivity index (χ0v) is 15.1. The summed E-state index contributed by atoms with van der Waals surface area (Å²) in [4.78, 5) is 2.48. The summed E-state index contributed by atoms with van der Waals surface area (Å²) < 4.78 is 5.50. The molecule has 1 fully saturated rings. The topological polar surface area (TPSA) is 24.5 Å². The summed E-state index contributed by atoms with van der Waals surface area (Å²) in [5.74, 6) is 1.61. The minimum absolute atomic E-state index is 0.466. The Labute approximate surface area is 132 Å². The highest BCUT2D eigenvalue weighted by Gasteiger charge is 2.35. The van der Waals surface area contributed by atoms with Crippen LogP contribution in [0.25, 0.3) is 0 Å². The highest BCUT2D eigenvalue weighted by atomic mass is 16.5. The normalized spacial score (nSPS) is 26.7. The van der Waals surface area contributed by atoms with Gasteiger partial charge >= 0.3 is 0 Å². The molecule has 1 aliphatic carbocycles. The summed E-state index contributed by atoms with van der Waals surface area (Å²) in [5, 5.41) is 3.73. The zero-order valence-electron chi connectivity index (χ0n) is 15.1. The van der Waals surface area contributed by atoms with Gasteiger partial charge in [-0.2, -0.15) is 0 Å². The molecule has 0 radical (unpaired) electrons. The Balaban J connectivity index is 2.50. The molecule has 2 unspecified atom stereocenters. The second kappa shape index (κ2) is 9.81. The lowest BCUT2D eigenvalue weighted by Gasteiger charge is -2.43. The highest BCUT2D eigenvalue weighted by molar-refractivity contribution is 4.89. The molecule has 3 nitrogen and oxygen atoms in total. The van der Waals surface area contributed by atoms with Crippen LogP contribution in [0, 0.1) is 17.3 Å². The molecule has 0 bridgehead atoms. The van der Waals surface area contributed by atoms with Crippen LogP contribution < -0.4 is 5.32 Å². The van der Waals surface area contributed by atoms with E-state index < -0.39 is 0 Å². The Morgan fingerprint density at radius 3 is 2.76 bits per heavy atom. The minimum Gasteiger partial charge on any atom is -0.380 e. The van der Waals surface area contributed by atoms with E-state index in [1.807, 2.05) is 0 Å². The number of rotatable bonds is 10. The molecule has 1 rings (SSSR count). The van der Waals surface area contributed by atoms with Crippen molar-refractivity contribution in [2.45, 2.75) is 53.4 Å². The first-order chi connectivity index (χ1) is 9.97. The summed E-state index contributed by atoms with van der Waals surface area (Å²) in [5.41, 5.74) is 0.466. The van der Waals surface area contributed by atoms with Gasteiger partial charge in [-0.15, -0.1) is 0 Å². The lowest BCUT2D eigenvalue weighted by atomic mass is 9.69. The number of ether oxygens (including phenoxy) is 1. The van der Waals surface area contributed by atoms with Crippen molar-refractivity contribution in [1.82, 2.24) is 10.2 Å². The highest BCUT2D eigenvalue weighted by Crippen LogP contribution is 2.39. The third-order valence-electron chi connectivity index (χ3n) is 4.66. The molecule has 2 atom stereocenters. The van der Waals surface area contributed by atoms with Gasteiger partial charge < -0.3 is 15.0 Å². The van der Waals surface area contributed by atoms with Gasteiger partial charge in [0.15, 0.2) is 0 Å². The average Bonchev–Trinajstić information content (AvgIpc) is 2.38. The summed E-state index contributed by atoms with van der Waals surface area (Å²) in [6.45, 7) is 15.3. The van der Waals surface area contributed by atoms with Crippen molar-refractivity contribution in [2.75, 3.05) is 46.4 Å². The molecule has 0 spiro atoms. The maximum atomic E-state index is 5.50. The van der Waals surface area contributed by atoms with Crippen LogP contribution in [-0.4, -0.2) is 51.3 Å². The van der Waals surface area contributed by atoms with Crippen LogP contribution in [0.2, 0.25) is 0 Å². The fraction of sp³-hybridized carbons (Fsp3) is 1.00. The van der Waals surface area contributed by atoms with E-state index in [2.05, 4.69) is 45.0 Å². The van der Waals surface area contributed by atoms with Crippen LogP contribution in [-0.2, 0) is 4.74 Å². The maximum Gasteiger partial charge on any atom is 0.0593 e. The maximum absolute atomic E-state index is 5.50. The molecule has 1 saturated carbocycles. The SMILES string of the molecule is CCOCCN(C)CC1(CNCC(C)C)CCCC(C)C1. The van der Waals surface area contributed by atoms with E-state index in [1.165, 1.54) is 38.8 Å². The van der Waals surface area contributed by atoms with Crippen molar-refractivity contribution in [3.8, 4) is 0 Å². The fourth-order valence-corrected chi connectivity index (χ4v) is 3.77. The van der Waals surface area contributed by atoms with Crippen LogP contribution in [0.3, 0.4) is 0 Å². The quantitative estimate of drug-likeness (QED) is 0.626. The van der Waals surface area contributed by atoms with Crippen molar-refractivity contribution in [2.24, 2.45) is 17.3 Å². The first kappa shape index (κ1) is 18.9. The standard InChI is InChI=1S/C18H38N2O/c1-6-21-11-10-20(5)15-18(14-19-13-16(2)3)9-7-8-17(4)12-18/h16-17,19H,6-15H2,1-5H3. The molecule has 0 aromatic carbocycles. The van der Waals surface area contributed by atoms with Gasteiger partial charge in [-0.25, -0.2) is 0 Å². The van der Waals surface area contributed by atoms with Gasteiger partial charge in [-0.3, -0.25) is 0 Å². The Kier molecular flexibility index (Phi) is 8.84. The summed E-state index contributed by atoms with van der Waals surface area (Å²) in [7, 11) is 2.25. The van der Waals surface area contributed by atoms with Gasteiger partial charge in [0.1, 0.15) is 0 Å². The van der Waals surface area contributed by atoms with Gasteiger partial charge in [-0.1, -0.05) is 33.6 Å². The van der Waals surface area contributed by atoms with Crippen molar-refractivity contribution in [1.29, 1.82) is 0 Å². The van der Waals surface area contributed by atoms with E-state index in [9.17, 15) is 0 Å². The van der Waals surface area contributed by atoms with Crippen molar-refractivity contribution < 1.29 is 4.74 Å². The molecule has 0 amide bonds. The largest absolute Gasteiger partial charge is 0.380 e. The van der Waals surface area contributed by atoms with E-state index in [-0.39, 0.29) is 0 Å². The molecule has 0 aliphatic heterocycles. The van der Waals surface area contributed by atoms with Gasteiger partial charge in [0.2, 0.25) is 0 Å². The van der Waals surface area contributed by atoms with Crippen LogP contribution >= 0.6 is 0 Å². The number of hydrogen-bond acceptors (Lipinski definition) is 3. The zero-order chi connectivity index (χ0) is 15.7. The van der Waals surface area contributed by atoms with Gasteiger partial charge in [0.25, 0.3) is 0 Å². The van der Waals surface area contributed by atoms with E-state index in [4.69, 9.17) is 4.74 Å². The Bertz CT molecular complexity index is 270. The van der Waals surface area contributed by atoms with Gasteiger partial charge in [0, 0.05) is 26.2 Å². The third kappa shape index (κ3) is 7.62. The molecular formula is C18H38N2O. The van der Waals surface area contributed by atoms with Crippen molar-refractivity contribution in [3.05, 3.63) is 0 Å². The minimum atomic E-state index is 0.466. The van der Waals surface area contributed by atoms with E-state index >= 15 is 0 Å². The fourth-order valence-electron chi connectivity index (χ4n) is 3.77. The summed E-state index contributed by atoms with van der Waals surface area (Å²) >= 11 is 0. The average molecular weight is 299 g/mol. The second-order valence-electron chi connectivity index (χ2n) is 7.66. The molecule has 1 aliphatic rings. The van der Waals surface area contributed by atoms with Crippen LogP contribution in [0.4, 0.5) is 0 Å². The first-order valence-corrected chi connectivity index (χ1v) is 8.94. The number of likely N-dealkylation sites (N-methyl/N-ethyl adjacent to an activating group) is 1. The smallest absolute Gasteiger partial charge is 0.0593 e. The van der Waals surface area contributed by atoms with Crippen LogP contribution in [0.1, 0.15) is 53.4 Å². The summed E-state index contributed by atoms with van der Waals surface area (Å²) in [6.07, 6.45) is 5.55. The van der Waals surface area contributed by atoms with Crippen molar-refractivity contribution in [3.63, 3.8) is 0 Å². The Morgan fingerprint density at radius 1 is 1.38 bits per heavy atom. The van der Waals surface area contributed by atoms with Crippen LogP contribution in [0.5, 0.6) is 0 Å². The Hall–Kier alpha value is -0.120. The number of nitrogens with one attached hydrogen (secondary N) is 1. The molecule has 3 heteroatoms.